The Hall–Kier alpha value is -2.75. The summed E-state index contributed by atoms with van der Waals surface area (Å²) in [6, 6.07) is 6.76. The van der Waals surface area contributed by atoms with Gasteiger partial charge in [0, 0.05) is 10.9 Å². The topological polar surface area (TPSA) is 102 Å². The average molecular weight is 407 g/mol. The zero-order valence-corrected chi connectivity index (χ0v) is 16.0. The lowest BCUT2D eigenvalue weighted by Gasteiger charge is -2.37. The van der Waals surface area contributed by atoms with Crippen molar-refractivity contribution in [1.29, 1.82) is 0 Å². The van der Waals surface area contributed by atoms with Gasteiger partial charge in [-0.3, -0.25) is 4.79 Å². The Bertz CT molecular complexity index is 896. The summed E-state index contributed by atoms with van der Waals surface area (Å²) in [5, 5.41) is 2.66. The molecule has 1 aromatic carbocycles. The standard InChI is InChI=1S/C18H19F2N5O2S/c1-10-15(20)18(2,25-17(21)28-10)11-4-3-5-12(6-11)24-16(26)13-7-23-14(8-22-13)27-9-19/h3-8,10,15H,9H2,1-2H3,(H2,21,25)(H,24,26)/t10-,15+,18-/m1/s1. The number of thioether (sulfide) groups is 1. The predicted octanol–water partition coefficient (Wildman–Crippen LogP) is 3.04. The maximum Gasteiger partial charge on any atom is 0.275 e. The third-order valence-corrected chi connectivity index (χ3v) is 5.31. The van der Waals surface area contributed by atoms with Crippen molar-refractivity contribution in [2.24, 2.45) is 10.7 Å². The summed E-state index contributed by atoms with van der Waals surface area (Å²) in [6.07, 6.45) is 1.08. The van der Waals surface area contributed by atoms with Crippen molar-refractivity contribution in [3.05, 3.63) is 47.9 Å². The summed E-state index contributed by atoms with van der Waals surface area (Å²) in [5.41, 5.74) is 5.76. The van der Waals surface area contributed by atoms with Crippen molar-refractivity contribution < 1.29 is 18.3 Å². The van der Waals surface area contributed by atoms with Gasteiger partial charge in [0.2, 0.25) is 12.7 Å². The van der Waals surface area contributed by atoms with Gasteiger partial charge in [-0.25, -0.2) is 23.7 Å². The van der Waals surface area contributed by atoms with E-state index in [2.05, 4.69) is 25.0 Å². The van der Waals surface area contributed by atoms with Crippen molar-refractivity contribution in [2.75, 3.05) is 12.2 Å². The Morgan fingerprint density at radius 3 is 2.86 bits per heavy atom. The van der Waals surface area contributed by atoms with Crippen molar-refractivity contribution in [2.45, 2.75) is 30.8 Å². The third-order valence-electron chi connectivity index (χ3n) is 4.37. The molecule has 1 aromatic heterocycles. The van der Waals surface area contributed by atoms with Crippen LogP contribution in [-0.4, -0.2) is 39.3 Å². The van der Waals surface area contributed by atoms with E-state index in [-0.39, 0.29) is 16.8 Å². The highest BCUT2D eigenvalue weighted by Crippen LogP contribution is 2.41. The lowest BCUT2D eigenvalue weighted by molar-refractivity contribution is 0.102. The summed E-state index contributed by atoms with van der Waals surface area (Å²) in [7, 11) is 0. The molecule has 0 saturated heterocycles. The number of benzene rings is 1. The first kappa shape index (κ1) is 20.0. The van der Waals surface area contributed by atoms with E-state index in [1.807, 2.05) is 0 Å². The second-order valence-corrected chi connectivity index (χ2v) is 7.75. The number of hydrogen-bond donors (Lipinski definition) is 2. The summed E-state index contributed by atoms with van der Waals surface area (Å²) in [5.74, 6) is -0.545. The van der Waals surface area contributed by atoms with Crippen molar-refractivity contribution in [1.82, 2.24) is 9.97 Å². The first-order chi connectivity index (χ1) is 13.3. The van der Waals surface area contributed by atoms with E-state index < -0.39 is 24.5 Å². The van der Waals surface area contributed by atoms with E-state index in [1.54, 1.807) is 38.1 Å². The van der Waals surface area contributed by atoms with Crippen LogP contribution in [0.25, 0.3) is 0 Å². The first-order valence-electron chi connectivity index (χ1n) is 8.42. The summed E-state index contributed by atoms with van der Waals surface area (Å²) in [6.45, 7) is 2.40. The molecule has 3 N–H and O–H groups in total. The van der Waals surface area contributed by atoms with Crippen molar-refractivity contribution in [3.8, 4) is 5.88 Å². The Kier molecular flexibility index (Phi) is 5.78. The molecule has 0 saturated carbocycles. The zero-order valence-electron chi connectivity index (χ0n) is 15.2. The molecule has 2 heterocycles. The van der Waals surface area contributed by atoms with Gasteiger partial charge < -0.3 is 15.8 Å². The molecule has 10 heteroatoms. The largest absolute Gasteiger partial charge is 0.445 e. The first-order valence-corrected chi connectivity index (χ1v) is 9.30. The number of rotatable bonds is 5. The fourth-order valence-corrected chi connectivity index (χ4v) is 3.93. The molecule has 0 fully saturated rings. The van der Waals surface area contributed by atoms with E-state index in [9.17, 15) is 13.6 Å². The number of amides is 1. The molecule has 0 radical (unpaired) electrons. The van der Waals surface area contributed by atoms with Gasteiger partial charge in [0.25, 0.3) is 5.91 Å². The van der Waals surface area contributed by atoms with E-state index >= 15 is 0 Å². The number of aromatic nitrogens is 2. The van der Waals surface area contributed by atoms with Crippen LogP contribution < -0.4 is 15.8 Å². The lowest BCUT2D eigenvalue weighted by atomic mass is 9.86. The zero-order chi connectivity index (χ0) is 20.3. The molecule has 0 bridgehead atoms. The number of aliphatic imine (C=N–C) groups is 1. The smallest absolute Gasteiger partial charge is 0.275 e. The van der Waals surface area contributed by atoms with Crippen LogP contribution in [0.5, 0.6) is 5.88 Å². The van der Waals surface area contributed by atoms with E-state index in [0.29, 0.717) is 16.4 Å². The van der Waals surface area contributed by atoms with Gasteiger partial charge in [-0.15, -0.1) is 0 Å². The Morgan fingerprint density at radius 1 is 1.39 bits per heavy atom. The maximum atomic E-state index is 14.9. The number of nitrogens with zero attached hydrogens (tertiary/aromatic N) is 3. The van der Waals surface area contributed by atoms with Crippen LogP contribution in [0.4, 0.5) is 14.5 Å². The molecular weight excluding hydrogens is 388 g/mol. The Balaban J connectivity index is 1.81. The van der Waals surface area contributed by atoms with Gasteiger partial charge >= 0.3 is 0 Å². The van der Waals surface area contributed by atoms with Crippen LogP contribution in [0.1, 0.15) is 29.9 Å². The fourth-order valence-electron chi connectivity index (χ4n) is 2.92. The number of nitrogens with one attached hydrogen (secondary N) is 1. The van der Waals surface area contributed by atoms with Crippen LogP contribution in [-0.2, 0) is 5.54 Å². The van der Waals surface area contributed by atoms with E-state index in [1.165, 1.54) is 18.0 Å². The number of amidine groups is 1. The fraction of sp³-hybridized carbons (Fsp3) is 0.333. The Labute approximate surface area is 164 Å². The molecule has 3 atom stereocenters. The number of carbonyl (C=O) groups is 1. The molecule has 1 amide bonds. The SMILES string of the molecule is C[C@H]1SC(N)=N[C@](C)(c2cccc(NC(=O)c3cnc(OCF)cn3)c2)[C@H]1F. The van der Waals surface area contributed by atoms with Gasteiger partial charge in [-0.2, -0.15) is 0 Å². The molecular formula is C18H19F2N5O2S. The quantitative estimate of drug-likeness (QED) is 0.790. The molecule has 0 unspecified atom stereocenters. The maximum absolute atomic E-state index is 14.9. The molecule has 1 aliphatic heterocycles. The van der Waals surface area contributed by atoms with E-state index in [0.717, 1.165) is 6.20 Å². The highest BCUT2D eigenvalue weighted by atomic mass is 32.2. The number of halogens is 2. The minimum absolute atomic E-state index is 0.0242. The van der Waals surface area contributed by atoms with Gasteiger partial charge in [0.15, 0.2) is 5.17 Å². The molecule has 148 valence electrons. The van der Waals surface area contributed by atoms with Crippen LogP contribution in [0.3, 0.4) is 0 Å². The number of anilines is 1. The van der Waals surface area contributed by atoms with Crippen molar-refractivity contribution in [3.63, 3.8) is 0 Å². The van der Waals surface area contributed by atoms with Crippen LogP contribution in [0, 0.1) is 0 Å². The number of alkyl halides is 2. The average Bonchev–Trinajstić information content (AvgIpc) is 2.67. The highest BCUT2D eigenvalue weighted by molar-refractivity contribution is 8.14. The molecule has 7 nitrogen and oxygen atoms in total. The van der Waals surface area contributed by atoms with Gasteiger partial charge in [0.05, 0.1) is 12.4 Å². The monoisotopic (exact) mass is 407 g/mol. The molecule has 0 spiro atoms. The van der Waals surface area contributed by atoms with Gasteiger partial charge in [-0.1, -0.05) is 23.9 Å². The summed E-state index contributed by atoms with van der Waals surface area (Å²) < 4.78 is 31.6. The van der Waals surface area contributed by atoms with E-state index in [4.69, 9.17) is 5.73 Å². The second-order valence-electron chi connectivity index (χ2n) is 6.35. The van der Waals surface area contributed by atoms with Crippen LogP contribution in [0.2, 0.25) is 0 Å². The predicted molar refractivity (Wildman–Crippen MR) is 104 cm³/mol. The number of ether oxygens (including phenoxy) is 1. The molecule has 1 aliphatic rings. The number of nitrogens with two attached hydrogens (primary N) is 1. The highest BCUT2D eigenvalue weighted by Gasteiger charge is 2.43. The molecule has 3 rings (SSSR count). The molecule has 0 aliphatic carbocycles. The van der Waals surface area contributed by atoms with Gasteiger partial charge in [-0.05, 0) is 31.5 Å². The summed E-state index contributed by atoms with van der Waals surface area (Å²) >= 11 is 1.20. The molecule has 2 aromatic rings. The van der Waals surface area contributed by atoms with Crippen LogP contribution in [0.15, 0.2) is 41.7 Å². The minimum atomic E-state index is -1.25. The van der Waals surface area contributed by atoms with Crippen molar-refractivity contribution >= 4 is 28.5 Å². The number of carbonyl (C=O) groups excluding carboxylic acids is 1. The minimum Gasteiger partial charge on any atom is -0.445 e. The third kappa shape index (κ3) is 4.06. The van der Waals surface area contributed by atoms with Crippen LogP contribution >= 0.6 is 11.8 Å². The van der Waals surface area contributed by atoms with Gasteiger partial charge in [0.1, 0.15) is 17.4 Å². The summed E-state index contributed by atoms with van der Waals surface area (Å²) in [4.78, 5) is 24.4. The second kappa shape index (κ2) is 8.09. The normalized spacial score (nSPS) is 24.4. The molecule has 28 heavy (non-hydrogen) atoms. The Morgan fingerprint density at radius 2 is 2.18 bits per heavy atom. The number of hydrogen-bond acceptors (Lipinski definition) is 7. The lowest BCUT2D eigenvalue weighted by Crippen LogP contribution is -2.43.